The zero-order chi connectivity index (χ0) is 55.1. The molecule has 408 valence electrons. The molecule has 0 unspecified atom stereocenters. The molecule has 7 amide bonds. The zero-order valence-electron chi connectivity index (χ0n) is 41.7. The van der Waals surface area contributed by atoms with Crippen LogP contribution in [0.1, 0.15) is 63.8 Å². The van der Waals surface area contributed by atoms with E-state index in [-0.39, 0.29) is 50.3 Å². The van der Waals surface area contributed by atoms with Crippen molar-refractivity contribution in [2.75, 3.05) is 19.8 Å². The maximum Gasteiger partial charge on any atom is 0.524 e. The van der Waals surface area contributed by atoms with Gasteiger partial charge in [0.25, 0.3) is 0 Å². The van der Waals surface area contributed by atoms with Crippen LogP contribution < -0.4 is 42.2 Å². The number of aliphatic hydroxyl groups excluding tert-OH is 2. The highest BCUT2D eigenvalue weighted by Crippen LogP contribution is 2.37. The molecule has 5 rings (SSSR count). The number of nitrogens with zero attached hydrogens (tertiary/aromatic N) is 2. The number of aliphatic carboxylic acids is 1. The van der Waals surface area contributed by atoms with Crippen molar-refractivity contribution in [1.29, 1.82) is 0 Å². The SMILES string of the molecule is CC(C)C[C@H](NC(=O)[C@@H]1CCCN1C(=O)[C@H](CO)NC(=O)[C@H](Cc1ccc(OP(=O)(O)O)cc1)NC(=O)[C@@H](NC(=O)[C@H](Cc1c[nH]c2ccccc12)NC(=O)[C@@H](N)CO)C(C)C)C(=O)N[C@@H](Cc1cnc[nH]1)C(=O)O. The van der Waals surface area contributed by atoms with Crippen molar-refractivity contribution in [3.05, 3.63) is 84.1 Å². The lowest BCUT2D eigenvalue weighted by atomic mass is 9.99. The second kappa shape index (κ2) is 26.8. The standard InChI is InChI=1S/C48H66N11O15P/c1-25(2)16-34(42(63)56-37(48(69)70)19-29-21-50-24-52-29)54-45(66)39-10-7-15-59(39)47(68)38(23-61)57-43(64)35(17-27-11-13-30(14-12-27)74-75(71,72)73)55-46(67)40(26(3)4)58-44(65)36(53-41(62)32(49)22-60)18-28-20-51-33-9-6-5-8-31(28)33/h5-6,8-9,11-14,20-21,24-26,32,34-40,51,60-61H,7,10,15-19,22-23,49H2,1-4H3,(H,50,52)(H,53,62)(H,54,66)(H,55,67)(H,56,63)(H,57,64)(H,58,65)(H,69,70)(H2,71,72,73)/t32-,34-,35-,36-,37-,38-,39-,40-/m0/s1. The van der Waals surface area contributed by atoms with E-state index in [2.05, 4.69) is 51.4 Å². The highest BCUT2D eigenvalue weighted by Gasteiger charge is 2.41. The quantitative estimate of drug-likeness (QED) is 0.0299. The number of nitrogens with one attached hydrogen (secondary N) is 8. The van der Waals surface area contributed by atoms with E-state index in [0.717, 1.165) is 15.8 Å². The number of carboxylic acids is 1. The van der Waals surface area contributed by atoms with Crippen LogP contribution >= 0.6 is 7.82 Å². The largest absolute Gasteiger partial charge is 0.524 e. The number of imidazole rings is 1. The number of carboxylic acid groups (broad SMARTS) is 1. The maximum absolute atomic E-state index is 14.3. The van der Waals surface area contributed by atoms with Crippen molar-refractivity contribution in [1.82, 2.24) is 51.8 Å². The summed E-state index contributed by atoms with van der Waals surface area (Å²) in [6.45, 7) is 5.08. The van der Waals surface area contributed by atoms with Crippen LogP contribution in [0.15, 0.2) is 67.3 Å². The number of hydrogen-bond acceptors (Lipinski definition) is 14. The van der Waals surface area contributed by atoms with E-state index in [4.69, 9.17) is 5.73 Å². The minimum absolute atomic E-state index is 0.00224. The number of rotatable bonds is 27. The highest BCUT2D eigenvalue weighted by atomic mass is 31.2. The van der Waals surface area contributed by atoms with Crippen LogP contribution in [-0.4, -0.2) is 160 Å². The third kappa shape index (κ3) is 16.9. The van der Waals surface area contributed by atoms with Gasteiger partial charge in [-0.3, -0.25) is 43.3 Å². The number of likely N-dealkylation sites (tertiary alicyclic amines) is 1. The summed E-state index contributed by atoms with van der Waals surface area (Å²) in [5, 5.41) is 46.1. The molecule has 0 aliphatic carbocycles. The number of H-pyrrole nitrogens is 2. The van der Waals surface area contributed by atoms with Crippen molar-refractivity contribution < 1.29 is 72.6 Å². The number of aromatic amines is 2. The van der Waals surface area contributed by atoms with Gasteiger partial charge in [0.15, 0.2) is 0 Å². The number of carbonyl (C=O) groups excluding carboxylic acids is 7. The van der Waals surface area contributed by atoms with Crippen molar-refractivity contribution in [2.24, 2.45) is 17.6 Å². The number of para-hydroxylation sites is 1. The Bertz CT molecular complexity index is 2680. The van der Waals surface area contributed by atoms with E-state index in [9.17, 15) is 68.0 Å². The van der Waals surface area contributed by atoms with Crippen LogP contribution in [0.25, 0.3) is 10.9 Å². The summed E-state index contributed by atoms with van der Waals surface area (Å²) in [7, 11) is -4.95. The number of nitrogens with two attached hydrogens (primary N) is 1. The summed E-state index contributed by atoms with van der Waals surface area (Å²) in [6, 6.07) is 1.16. The first-order chi connectivity index (χ1) is 35.5. The average Bonchev–Trinajstić information content (AvgIpc) is 4.16. The second-order valence-electron chi connectivity index (χ2n) is 18.9. The Morgan fingerprint density at radius 2 is 1.39 bits per heavy atom. The highest BCUT2D eigenvalue weighted by molar-refractivity contribution is 7.46. The van der Waals surface area contributed by atoms with E-state index < -0.39 is 123 Å². The number of phosphoric acid groups is 1. The lowest BCUT2D eigenvalue weighted by molar-refractivity contribution is -0.144. The first kappa shape index (κ1) is 58.7. The number of hydrogen-bond donors (Lipinski definition) is 14. The molecule has 8 atom stereocenters. The van der Waals surface area contributed by atoms with Crippen LogP contribution in [0.2, 0.25) is 0 Å². The fourth-order valence-corrected chi connectivity index (χ4v) is 8.83. The summed E-state index contributed by atoms with van der Waals surface area (Å²) in [5.74, 6) is -8.38. The Labute approximate surface area is 430 Å². The average molecular weight is 1070 g/mol. The summed E-state index contributed by atoms with van der Waals surface area (Å²) >= 11 is 0. The second-order valence-corrected chi connectivity index (χ2v) is 20.1. The molecular formula is C48H66N11O15P. The van der Waals surface area contributed by atoms with Crippen LogP contribution in [-0.2, 0) is 62.2 Å². The molecule has 2 aromatic carbocycles. The number of fused-ring (bicyclic) bond motifs is 1. The predicted molar refractivity (Wildman–Crippen MR) is 268 cm³/mol. The maximum atomic E-state index is 14.3. The van der Waals surface area contributed by atoms with Gasteiger partial charge in [0.2, 0.25) is 41.4 Å². The summed E-state index contributed by atoms with van der Waals surface area (Å²) in [6.07, 6.45) is 4.41. The van der Waals surface area contributed by atoms with Crippen LogP contribution in [0.4, 0.5) is 0 Å². The normalized spacial score (nSPS) is 16.5. The van der Waals surface area contributed by atoms with Gasteiger partial charge in [-0.2, -0.15) is 0 Å². The van der Waals surface area contributed by atoms with Crippen molar-refractivity contribution in [2.45, 2.75) is 115 Å². The molecular weight excluding hydrogens is 1000 g/mol. The van der Waals surface area contributed by atoms with Crippen molar-refractivity contribution in [3.8, 4) is 5.75 Å². The van der Waals surface area contributed by atoms with Gasteiger partial charge in [0, 0.05) is 54.8 Å². The molecule has 0 bridgehead atoms. The minimum Gasteiger partial charge on any atom is -0.480 e. The number of carbonyl (C=O) groups is 8. The Balaban J connectivity index is 1.35. The van der Waals surface area contributed by atoms with E-state index in [1.807, 2.05) is 6.07 Å². The van der Waals surface area contributed by atoms with Gasteiger partial charge in [-0.25, -0.2) is 14.3 Å². The first-order valence-corrected chi connectivity index (χ1v) is 25.7. The van der Waals surface area contributed by atoms with Gasteiger partial charge in [-0.05, 0) is 60.4 Å². The van der Waals surface area contributed by atoms with Crippen LogP contribution in [0.3, 0.4) is 0 Å². The molecule has 26 nitrogen and oxygen atoms in total. The smallest absolute Gasteiger partial charge is 0.480 e. The topological polar surface area (TPSA) is 410 Å². The van der Waals surface area contributed by atoms with Gasteiger partial charge in [0.05, 0.1) is 19.5 Å². The molecule has 1 aliphatic rings. The molecule has 0 spiro atoms. The Hall–Kier alpha value is -7.22. The van der Waals surface area contributed by atoms with E-state index in [0.29, 0.717) is 23.2 Å². The van der Waals surface area contributed by atoms with Crippen molar-refractivity contribution >= 4 is 66.0 Å². The molecule has 0 radical (unpaired) electrons. The van der Waals surface area contributed by atoms with Crippen LogP contribution in [0, 0.1) is 11.8 Å². The van der Waals surface area contributed by atoms with E-state index in [1.54, 1.807) is 52.1 Å². The van der Waals surface area contributed by atoms with Gasteiger partial charge in [-0.15, -0.1) is 0 Å². The number of amides is 7. The fraction of sp³-hybridized carbons (Fsp3) is 0.479. The number of phosphoric ester groups is 1. The Morgan fingerprint density at radius 3 is 2.00 bits per heavy atom. The Kier molecular flexibility index (Phi) is 21.0. The number of benzene rings is 2. The van der Waals surface area contributed by atoms with Gasteiger partial charge < -0.3 is 72.3 Å². The van der Waals surface area contributed by atoms with Gasteiger partial charge in [-0.1, -0.05) is 58.0 Å². The Morgan fingerprint density at radius 1 is 0.760 bits per heavy atom. The zero-order valence-corrected chi connectivity index (χ0v) is 42.6. The fourth-order valence-electron chi connectivity index (χ4n) is 8.43. The van der Waals surface area contributed by atoms with Gasteiger partial charge >= 0.3 is 13.8 Å². The summed E-state index contributed by atoms with van der Waals surface area (Å²) < 4.78 is 16.1. The minimum atomic E-state index is -4.95. The molecule has 1 saturated heterocycles. The molecule has 1 aliphatic heterocycles. The molecule has 75 heavy (non-hydrogen) atoms. The monoisotopic (exact) mass is 1070 g/mol. The predicted octanol–water partition coefficient (Wildman–Crippen LogP) is -1.61. The summed E-state index contributed by atoms with van der Waals surface area (Å²) in [5.41, 5.74) is 7.90. The third-order valence-corrected chi connectivity index (χ3v) is 12.8. The van der Waals surface area contributed by atoms with Gasteiger partial charge in [0.1, 0.15) is 54.1 Å². The number of aliphatic hydroxyl groups is 2. The molecule has 1 fully saturated rings. The molecule has 4 aromatic rings. The van der Waals surface area contributed by atoms with E-state index >= 15 is 0 Å². The third-order valence-electron chi connectivity index (χ3n) is 12.3. The molecule has 27 heteroatoms. The molecule has 15 N–H and O–H groups in total. The van der Waals surface area contributed by atoms with Crippen molar-refractivity contribution in [3.63, 3.8) is 0 Å². The lowest BCUT2D eigenvalue weighted by Crippen LogP contribution is -2.61. The van der Waals surface area contributed by atoms with Crippen LogP contribution in [0.5, 0.6) is 5.75 Å². The summed E-state index contributed by atoms with van der Waals surface area (Å²) in [4.78, 5) is 139. The number of aromatic nitrogens is 3. The molecule has 3 heterocycles. The van der Waals surface area contributed by atoms with E-state index in [1.165, 1.54) is 36.8 Å². The lowest BCUT2D eigenvalue weighted by Gasteiger charge is -2.31. The molecule has 0 saturated carbocycles. The molecule has 2 aromatic heterocycles. The first-order valence-electron chi connectivity index (χ1n) is 24.2.